The van der Waals surface area contributed by atoms with Crippen LogP contribution in [0.4, 0.5) is 0 Å². The fourth-order valence-electron chi connectivity index (χ4n) is 1.81. The quantitative estimate of drug-likeness (QED) is 0.659. The van der Waals surface area contributed by atoms with E-state index in [0.717, 1.165) is 12.8 Å². The van der Waals surface area contributed by atoms with Crippen molar-refractivity contribution >= 4 is 0 Å². The maximum Gasteiger partial charge on any atom is 0.0608 e. The van der Waals surface area contributed by atoms with Crippen LogP contribution in [0.25, 0.3) is 0 Å². The third-order valence-electron chi connectivity index (χ3n) is 2.80. The molecule has 0 bridgehead atoms. The minimum absolute atomic E-state index is 0.176. The van der Waals surface area contributed by atoms with Crippen LogP contribution in [0.3, 0.4) is 0 Å². The molecule has 0 heterocycles. The first kappa shape index (κ1) is 10.5. The summed E-state index contributed by atoms with van der Waals surface area (Å²) in [4.78, 5) is 0. The van der Waals surface area contributed by atoms with E-state index in [4.69, 9.17) is 0 Å². The van der Waals surface area contributed by atoms with E-state index >= 15 is 0 Å². The zero-order valence-electron chi connectivity index (χ0n) is 8.45. The number of aliphatic hydroxyl groups excluding tert-OH is 1. The van der Waals surface area contributed by atoms with E-state index in [1.807, 2.05) is 6.08 Å². The molecule has 0 aromatic rings. The highest BCUT2D eigenvalue weighted by atomic mass is 16.3. The summed E-state index contributed by atoms with van der Waals surface area (Å²) >= 11 is 0. The minimum atomic E-state index is -0.176. The Morgan fingerprint density at radius 2 is 2.46 bits per heavy atom. The van der Waals surface area contributed by atoms with Gasteiger partial charge in [-0.3, -0.25) is 0 Å². The van der Waals surface area contributed by atoms with Gasteiger partial charge < -0.3 is 5.11 Å². The van der Waals surface area contributed by atoms with Crippen molar-refractivity contribution in [3.63, 3.8) is 0 Å². The van der Waals surface area contributed by atoms with Gasteiger partial charge in [0, 0.05) is 5.92 Å². The lowest BCUT2D eigenvalue weighted by Gasteiger charge is -2.23. The van der Waals surface area contributed by atoms with Gasteiger partial charge in [-0.05, 0) is 31.6 Å². The normalized spacial score (nSPS) is 26.8. The van der Waals surface area contributed by atoms with Crippen molar-refractivity contribution in [1.29, 1.82) is 0 Å². The summed E-state index contributed by atoms with van der Waals surface area (Å²) in [5.41, 5.74) is 0. The third-order valence-corrected chi connectivity index (χ3v) is 2.80. The minimum Gasteiger partial charge on any atom is -0.392 e. The predicted octanol–water partition coefficient (Wildman–Crippen LogP) is 2.92. The molecule has 0 aromatic heterocycles. The second-order valence-electron chi connectivity index (χ2n) is 4.04. The summed E-state index contributed by atoms with van der Waals surface area (Å²) in [6.07, 6.45) is 10.5. The molecule has 0 aliphatic heterocycles. The molecule has 1 heteroatoms. The highest BCUT2D eigenvalue weighted by Gasteiger charge is 2.19. The second-order valence-corrected chi connectivity index (χ2v) is 4.04. The lowest BCUT2D eigenvalue weighted by molar-refractivity contribution is 0.104. The summed E-state index contributed by atoms with van der Waals surface area (Å²) < 4.78 is 0. The Morgan fingerprint density at radius 1 is 1.69 bits per heavy atom. The van der Waals surface area contributed by atoms with Gasteiger partial charge in [-0.15, -0.1) is 6.58 Å². The smallest absolute Gasteiger partial charge is 0.0608 e. The molecule has 1 nitrogen and oxygen atoms in total. The molecular weight excluding hydrogens is 160 g/mol. The molecule has 0 saturated heterocycles. The van der Waals surface area contributed by atoms with Gasteiger partial charge in [-0.25, -0.2) is 0 Å². The number of allylic oxidation sites excluding steroid dienone is 2. The van der Waals surface area contributed by atoms with Crippen LogP contribution in [0.2, 0.25) is 0 Å². The van der Waals surface area contributed by atoms with Crippen LogP contribution in [0, 0.1) is 11.8 Å². The predicted molar refractivity (Wildman–Crippen MR) is 56.5 cm³/mol. The first-order valence-electron chi connectivity index (χ1n) is 5.21. The van der Waals surface area contributed by atoms with Crippen LogP contribution in [0.15, 0.2) is 24.8 Å². The van der Waals surface area contributed by atoms with E-state index in [2.05, 4.69) is 25.7 Å². The SMILES string of the molecule is C=CC(C)CC(O)C1C=CCCC1. The summed E-state index contributed by atoms with van der Waals surface area (Å²) in [6, 6.07) is 0. The number of aliphatic hydroxyl groups is 1. The lowest BCUT2D eigenvalue weighted by atomic mass is 9.87. The van der Waals surface area contributed by atoms with E-state index in [9.17, 15) is 5.11 Å². The summed E-state index contributed by atoms with van der Waals surface area (Å²) in [7, 11) is 0. The highest BCUT2D eigenvalue weighted by molar-refractivity contribution is 4.96. The van der Waals surface area contributed by atoms with Crippen LogP contribution in [0.5, 0.6) is 0 Å². The topological polar surface area (TPSA) is 20.2 Å². The summed E-state index contributed by atoms with van der Waals surface area (Å²) in [6.45, 7) is 5.83. The van der Waals surface area contributed by atoms with Crippen molar-refractivity contribution in [2.45, 2.75) is 38.7 Å². The van der Waals surface area contributed by atoms with Crippen molar-refractivity contribution in [3.8, 4) is 0 Å². The van der Waals surface area contributed by atoms with Crippen LogP contribution in [0.1, 0.15) is 32.6 Å². The molecule has 0 amide bonds. The van der Waals surface area contributed by atoms with Crippen molar-refractivity contribution in [1.82, 2.24) is 0 Å². The molecule has 13 heavy (non-hydrogen) atoms. The lowest BCUT2D eigenvalue weighted by Crippen LogP contribution is -2.22. The summed E-state index contributed by atoms with van der Waals surface area (Å²) in [5.74, 6) is 0.807. The second kappa shape index (κ2) is 5.23. The largest absolute Gasteiger partial charge is 0.392 e. The number of hydrogen-bond acceptors (Lipinski definition) is 1. The number of hydrogen-bond donors (Lipinski definition) is 1. The third kappa shape index (κ3) is 3.35. The average molecular weight is 180 g/mol. The van der Waals surface area contributed by atoms with E-state index in [0.29, 0.717) is 11.8 Å². The average Bonchev–Trinajstić information content (AvgIpc) is 2.19. The first-order valence-corrected chi connectivity index (χ1v) is 5.21. The Bertz CT molecular complexity index is 184. The Balaban J connectivity index is 2.37. The maximum absolute atomic E-state index is 9.88. The standard InChI is InChI=1S/C12H20O/c1-3-10(2)9-12(13)11-7-5-4-6-8-11/h3,5,7,10-13H,1,4,6,8-9H2,2H3. The highest BCUT2D eigenvalue weighted by Crippen LogP contribution is 2.24. The van der Waals surface area contributed by atoms with Gasteiger partial charge in [0.05, 0.1) is 6.10 Å². The molecule has 0 saturated carbocycles. The van der Waals surface area contributed by atoms with Crippen LogP contribution < -0.4 is 0 Å². The molecule has 1 aliphatic carbocycles. The number of rotatable bonds is 4. The zero-order chi connectivity index (χ0) is 9.68. The fraction of sp³-hybridized carbons (Fsp3) is 0.667. The molecule has 0 fully saturated rings. The molecule has 74 valence electrons. The van der Waals surface area contributed by atoms with Gasteiger partial charge in [-0.1, -0.05) is 25.2 Å². The Labute approximate surface area is 81.2 Å². The van der Waals surface area contributed by atoms with Gasteiger partial charge in [0.25, 0.3) is 0 Å². The molecule has 0 radical (unpaired) electrons. The zero-order valence-corrected chi connectivity index (χ0v) is 8.45. The molecular formula is C12H20O. The van der Waals surface area contributed by atoms with Crippen LogP contribution in [-0.4, -0.2) is 11.2 Å². The molecule has 1 N–H and O–H groups in total. The molecule has 0 aromatic carbocycles. The van der Waals surface area contributed by atoms with E-state index in [1.54, 1.807) is 0 Å². The van der Waals surface area contributed by atoms with Gasteiger partial charge in [0.15, 0.2) is 0 Å². The van der Waals surface area contributed by atoms with Crippen LogP contribution >= 0.6 is 0 Å². The van der Waals surface area contributed by atoms with Gasteiger partial charge in [-0.2, -0.15) is 0 Å². The maximum atomic E-state index is 9.88. The van der Waals surface area contributed by atoms with E-state index < -0.39 is 0 Å². The van der Waals surface area contributed by atoms with E-state index in [-0.39, 0.29) is 6.10 Å². The van der Waals surface area contributed by atoms with Crippen molar-refractivity contribution in [3.05, 3.63) is 24.8 Å². The van der Waals surface area contributed by atoms with Crippen molar-refractivity contribution in [2.24, 2.45) is 11.8 Å². The van der Waals surface area contributed by atoms with Gasteiger partial charge in [0.2, 0.25) is 0 Å². The van der Waals surface area contributed by atoms with E-state index in [1.165, 1.54) is 12.8 Å². The van der Waals surface area contributed by atoms with Crippen LogP contribution in [-0.2, 0) is 0 Å². The fourth-order valence-corrected chi connectivity index (χ4v) is 1.81. The van der Waals surface area contributed by atoms with Crippen molar-refractivity contribution in [2.75, 3.05) is 0 Å². The molecule has 0 spiro atoms. The first-order chi connectivity index (χ1) is 6.24. The molecule has 3 unspecified atom stereocenters. The van der Waals surface area contributed by atoms with Gasteiger partial charge in [0.1, 0.15) is 0 Å². The molecule has 3 atom stereocenters. The Kier molecular flexibility index (Phi) is 4.23. The molecule has 1 rings (SSSR count). The van der Waals surface area contributed by atoms with Gasteiger partial charge >= 0.3 is 0 Å². The van der Waals surface area contributed by atoms with Crippen molar-refractivity contribution < 1.29 is 5.11 Å². The molecule has 1 aliphatic rings. The Hall–Kier alpha value is -0.560. The summed E-state index contributed by atoms with van der Waals surface area (Å²) in [5, 5.41) is 9.88. The monoisotopic (exact) mass is 180 g/mol. The Morgan fingerprint density at radius 3 is 3.00 bits per heavy atom.